The highest BCUT2D eigenvalue weighted by Crippen LogP contribution is 2.24. The standard InChI is InChI=1S/C13H11F2N5O/c1-7(21-11-3-2-8(14)6-9(11)15)10-4-5-17-13-18-12(16)19-20(10)13/h2-7H,1H3,(H2,16,19). The molecule has 0 radical (unpaired) electrons. The fourth-order valence-corrected chi connectivity index (χ4v) is 1.96. The second kappa shape index (κ2) is 4.97. The van der Waals surface area contributed by atoms with E-state index in [0.29, 0.717) is 11.5 Å². The number of benzene rings is 1. The highest BCUT2D eigenvalue weighted by atomic mass is 19.1. The zero-order valence-electron chi connectivity index (χ0n) is 11.0. The van der Waals surface area contributed by atoms with E-state index in [1.54, 1.807) is 13.0 Å². The molecule has 0 saturated heterocycles. The number of nitrogen functional groups attached to an aromatic ring is 1. The third-order valence-electron chi connectivity index (χ3n) is 2.90. The van der Waals surface area contributed by atoms with Gasteiger partial charge in [-0.1, -0.05) is 0 Å². The predicted molar refractivity (Wildman–Crippen MR) is 70.6 cm³/mol. The van der Waals surface area contributed by atoms with Crippen molar-refractivity contribution in [1.82, 2.24) is 19.6 Å². The van der Waals surface area contributed by atoms with Gasteiger partial charge in [-0.05, 0) is 25.1 Å². The number of rotatable bonds is 3. The molecule has 0 bridgehead atoms. The number of nitrogens with zero attached hydrogens (tertiary/aromatic N) is 4. The van der Waals surface area contributed by atoms with Gasteiger partial charge in [0.05, 0.1) is 5.69 Å². The Kier molecular flexibility index (Phi) is 3.13. The molecule has 2 heterocycles. The Balaban J connectivity index is 1.95. The molecule has 0 aliphatic carbocycles. The zero-order valence-corrected chi connectivity index (χ0v) is 11.0. The highest BCUT2D eigenvalue weighted by Gasteiger charge is 2.16. The van der Waals surface area contributed by atoms with Gasteiger partial charge in [-0.2, -0.15) is 9.50 Å². The van der Waals surface area contributed by atoms with Crippen molar-refractivity contribution in [2.45, 2.75) is 13.0 Å². The van der Waals surface area contributed by atoms with Crippen LogP contribution in [0.25, 0.3) is 5.78 Å². The summed E-state index contributed by atoms with van der Waals surface area (Å²) in [6.07, 6.45) is 0.969. The van der Waals surface area contributed by atoms with Gasteiger partial charge in [-0.15, -0.1) is 5.10 Å². The number of hydrogen-bond acceptors (Lipinski definition) is 5. The Bertz CT molecular complexity index is 804. The van der Waals surface area contributed by atoms with Crippen LogP contribution >= 0.6 is 0 Å². The molecule has 6 nitrogen and oxygen atoms in total. The topological polar surface area (TPSA) is 78.3 Å². The van der Waals surface area contributed by atoms with E-state index in [2.05, 4.69) is 15.1 Å². The molecular formula is C13H11F2N5O. The Hall–Kier alpha value is -2.77. The molecule has 0 aliphatic heterocycles. The first-order valence-corrected chi connectivity index (χ1v) is 6.13. The third-order valence-corrected chi connectivity index (χ3v) is 2.90. The van der Waals surface area contributed by atoms with Gasteiger partial charge in [0.1, 0.15) is 11.9 Å². The van der Waals surface area contributed by atoms with E-state index >= 15 is 0 Å². The fraction of sp³-hybridized carbons (Fsp3) is 0.154. The van der Waals surface area contributed by atoms with Crippen molar-refractivity contribution >= 4 is 11.7 Å². The Morgan fingerprint density at radius 1 is 1.29 bits per heavy atom. The molecule has 0 saturated carbocycles. The van der Waals surface area contributed by atoms with Crippen LogP contribution in [0.4, 0.5) is 14.7 Å². The van der Waals surface area contributed by atoms with Crippen LogP contribution in [0.1, 0.15) is 18.7 Å². The number of hydrogen-bond donors (Lipinski definition) is 1. The largest absolute Gasteiger partial charge is 0.481 e. The lowest BCUT2D eigenvalue weighted by Gasteiger charge is -2.15. The van der Waals surface area contributed by atoms with Crippen LogP contribution in [0.3, 0.4) is 0 Å². The second-order valence-electron chi connectivity index (χ2n) is 4.39. The maximum atomic E-state index is 13.6. The molecule has 2 N–H and O–H groups in total. The van der Waals surface area contributed by atoms with E-state index in [0.717, 1.165) is 12.1 Å². The molecule has 3 rings (SSSR count). The van der Waals surface area contributed by atoms with Gasteiger partial charge in [0.25, 0.3) is 5.78 Å². The molecule has 21 heavy (non-hydrogen) atoms. The van der Waals surface area contributed by atoms with Crippen molar-refractivity contribution in [3.05, 3.63) is 47.8 Å². The van der Waals surface area contributed by atoms with Gasteiger partial charge in [-0.3, -0.25) is 0 Å². The molecule has 1 unspecified atom stereocenters. The van der Waals surface area contributed by atoms with E-state index < -0.39 is 17.7 Å². The first-order chi connectivity index (χ1) is 10.0. The molecular weight excluding hydrogens is 280 g/mol. The summed E-state index contributed by atoms with van der Waals surface area (Å²) in [6.45, 7) is 1.70. The minimum absolute atomic E-state index is 0.0538. The predicted octanol–water partition coefficient (Wildman–Crippen LogP) is 2.12. The van der Waals surface area contributed by atoms with Crippen LogP contribution in [0.2, 0.25) is 0 Å². The Labute approximate surface area is 118 Å². The van der Waals surface area contributed by atoms with Crippen LogP contribution in [0, 0.1) is 11.6 Å². The quantitative estimate of drug-likeness (QED) is 0.799. The van der Waals surface area contributed by atoms with Gasteiger partial charge in [-0.25, -0.2) is 13.8 Å². The average molecular weight is 291 g/mol. The summed E-state index contributed by atoms with van der Waals surface area (Å²) in [5, 5.41) is 4.00. The summed E-state index contributed by atoms with van der Waals surface area (Å²) in [5.41, 5.74) is 6.12. The number of anilines is 1. The molecule has 3 aromatic rings. The first-order valence-electron chi connectivity index (χ1n) is 6.13. The molecule has 0 spiro atoms. The van der Waals surface area contributed by atoms with Crippen LogP contribution in [-0.2, 0) is 0 Å². The molecule has 0 aliphatic rings. The minimum Gasteiger partial charge on any atom is -0.481 e. The van der Waals surface area contributed by atoms with Gasteiger partial charge in [0.2, 0.25) is 5.95 Å². The van der Waals surface area contributed by atoms with Crippen molar-refractivity contribution in [1.29, 1.82) is 0 Å². The summed E-state index contributed by atoms with van der Waals surface area (Å²) >= 11 is 0. The maximum absolute atomic E-state index is 13.6. The number of aromatic nitrogens is 4. The smallest absolute Gasteiger partial charge is 0.254 e. The van der Waals surface area contributed by atoms with Crippen molar-refractivity contribution in [3.63, 3.8) is 0 Å². The van der Waals surface area contributed by atoms with Crippen molar-refractivity contribution in [2.24, 2.45) is 0 Å². The lowest BCUT2D eigenvalue weighted by Crippen LogP contribution is -2.11. The van der Waals surface area contributed by atoms with E-state index in [1.165, 1.54) is 16.8 Å². The summed E-state index contributed by atoms with van der Waals surface area (Å²) in [4.78, 5) is 7.94. The molecule has 108 valence electrons. The molecule has 2 aromatic heterocycles. The second-order valence-corrected chi connectivity index (χ2v) is 4.39. The normalized spacial score (nSPS) is 12.5. The van der Waals surface area contributed by atoms with Gasteiger partial charge >= 0.3 is 0 Å². The summed E-state index contributed by atoms with van der Waals surface area (Å²) < 4.78 is 33.4. The Morgan fingerprint density at radius 2 is 2.10 bits per heavy atom. The number of halogens is 2. The molecule has 0 fully saturated rings. The average Bonchev–Trinajstić information content (AvgIpc) is 2.81. The lowest BCUT2D eigenvalue weighted by atomic mass is 10.2. The van der Waals surface area contributed by atoms with Crippen LogP contribution in [0.15, 0.2) is 30.5 Å². The van der Waals surface area contributed by atoms with E-state index in [9.17, 15) is 8.78 Å². The fourth-order valence-electron chi connectivity index (χ4n) is 1.96. The third kappa shape index (κ3) is 2.47. The van der Waals surface area contributed by atoms with Gasteiger partial charge < -0.3 is 10.5 Å². The molecule has 8 heteroatoms. The van der Waals surface area contributed by atoms with Crippen LogP contribution in [0.5, 0.6) is 5.75 Å². The maximum Gasteiger partial charge on any atom is 0.254 e. The first kappa shape index (κ1) is 13.2. The number of nitrogens with two attached hydrogens (primary N) is 1. The van der Waals surface area contributed by atoms with Gasteiger partial charge in [0, 0.05) is 12.3 Å². The van der Waals surface area contributed by atoms with E-state index in [-0.39, 0.29) is 11.7 Å². The summed E-state index contributed by atoms with van der Waals surface area (Å²) in [6, 6.07) is 4.78. The lowest BCUT2D eigenvalue weighted by molar-refractivity contribution is 0.208. The monoisotopic (exact) mass is 291 g/mol. The Morgan fingerprint density at radius 3 is 2.86 bits per heavy atom. The molecule has 0 amide bonds. The highest BCUT2D eigenvalue weighted by molar-refractivity contribution is 5.35. The number of ether oxygens (including phenoxy) is 1. The summed E-state index contributed by atoms with van der Waals surface area (Å²) in [7, 11) is 0. The van der Waals surface area contributed by atoms with Crippen LogP contribution < -0.4 is 10.5 Å². The summed E-state index contributed by atoms with van der Waals surface area (Å²) in [5.74, 6) is -1.09. The molecule has 1 aromatic carbocycles. The minimum atomic E-state index is -0.773. The van der Waals surface area contributed by atoms with Crippen LogP contribution in [-0.4, -0.2) is 19.6 Å². The SMILES string of the molecule is CC(Oc1ccc(F)cc1F)c1ccnc2nc(N)nn12. The zero-order chi connectivity index (χ0) is 15.0. The molecule has 1 atom stereocenters. The van der Waals surface area contributed by atoms with Crippen molar-refractivity contribution in [2.75, 3.05) is 5.73 Å². The van der Waals surface area contributed by atoms with E-state index in [1.807, 2.05) is 0 Å². The van der Waals surface area contributed by atoms with Crippen molar-refractivity contribution < 1.29 is 13.5 Å². The van der Waals surface area contributed by atoms with E-state index in [4.69, 9.17) is 10.5 Å². The van der Waals surface area contributed by atoms with Crippen molar-refractivity contribution in [3.8, 4) is 5.75 Å². The number of fused-ring (bicyclic) bond motifs is 1. The van der Waals surface area contributed by atoms with Gasteiger partial charge in [0.15, 0.2) is 11.6 Å².